The molecule has 128 valence electrons. The predicted octanol–water partition coefficient (Wildman–Crippen LogP) is 3.94. The zero-order chi connectivity index (χ0) is 17.8. The molecule has 2 aromatic carbocycles. The molecule has 7 nitrogen and oxygen atoms in total. The Balaban J connectivity index is 1.61. The molecule has 0 bridgehead atoms. The van der Waals surface area contributed by atoms with Crippen molar-refractivity contribution < 1.29 is 14.5 Å². The van der Waals surface area contributed by atoms with Gasteiger partial charge in [0.05, 0.1) is 28.0 Å². The zero-order valence-corrected chi connectivity index (χ0v) is 14.7. The van der Waals surface area contributed by atoms with Gasteiger partial charge >= 0.3 is 0 Å². The van der Waals surface area contributed by atoms with E-state index in [1.54, 1.807) is 37.4 Å². The number of rotatable bonds is 6. The van der Waals surface area contributed by atoms with Crippen LogP contribution in [0.5, 0.6) is 5.75 Å². The number of aromatic nitrogens is 1. The Morgan fingerprint density at radius 3 is 2.76 bits per heavy atom. The van der Waals surface area contributed by atoms with Gasteiger partial charge in [-0.25, -0.2) is 4.98 Å². The molecule has 1 amide bonds. The predicted molar refractivity (Wildman–Crippen MR) is 98.6 cm³/mol. The number of carbonyl (C=O) groups is 1. The summed E-state index contributed by atoms with van der Waals surface area (Å²) in [6.45, 7) is 0. The second kappa shape index (κ2) is 7.49. The summed E-state index contributed by atoms with van der Waals surface area (Å²) in [6.07, 6.45) is 0. The Morgan fingerprint density at radius 1 is 1.32 bits per heavy atom. The van der Waals surface area contributed by atoms with E-state index in [1.807, 2.05) is 0 Å². The number of nitrogens with zero attached hydrogens (tertiary/aromatic N) is 2. The normalized spacial score (nSPS) is 10.6. The van der Waals surface area contributed by atoms with E-state index in [4.69, 9.17) is 4.74 Å². The summed E-state index contributed by atoms with van der Waals surface area (Å²) in [5.41, 5.74) is 1.41. The molecule has 1 heterocycles. The van der Waals surface area contributed by atoms with Crippen LogP contribution in [0.2, 0.25) is 0 Å². The van der Waals surface area contributed by atoms with Gasteiger partial charge in [0.25, 0.3) is 5.69 Å². The summed E-state index contributed by atoms with van der Waals surface area (Å²) < 4.78 is 6.49. The molecular weight excluding hydrogens is 362 g/mol. The molecule has 1 aromatic heterocycles. The number of methoxy groups -OCH3 is 1. The molecule has 0 unspecified atom stereocenters. The second-order valence-corrected chi connectivity index (χ2v) is 7.21. The van der Waals surface area contributed by atoms with Gasteiger partial charge in [0, 0.05) is 17.8 Å². The van der Waals surface area contributed by atoms with Crippen molar-refractivity contribution in [2.45, 2.75) is 4.34 Å². The highest BCUT2D eigenvalue weighted by Gasteiger charge is 2.12. The number of thiazole rings is 1. The largest absolute Gasteiger partial charge is 0.497 e. The molecule has 0 aliphatic rings. The molecule has 0 spiro atoms. The Hall–Kier alpha value is -2.65. The SMILES string of the molecule is COc1ccc(NC(=O)CSc2nc3ccc([N+](=O)[O-])cc3s2)cc1. The monoisotopic (exact) mass is 375 g/mol. The number of carbonyl (C=O) groups excluding carboxylic acids is 1. The maximum absolute atomic E-state index is 12.0. The van der Waals surface area contributed by atoms with Gasteiger partial charge in [-0.1, -0.05) is 11.8 Å². The van der Waals surface area contributed by atoms with Crippen LogP contribution < -0.4 is 10.1 Å². The van der Waals surface area contributed by atoms with E-state index in [-0.39, 0.29) is 17.3 Å². The molecule has 0 aliphatic heterocycles. The third-order valence-electron chi connectivity index (χ3n) is 3.26. The number of hydrogen-bond donors (Lipinski definition) is 1. The third kappa shape index (κ3) is 4.25. The van der Waals surface area contributed by atoms with Crippen molar-refractivity contribution in [3.05, 3.63) is 52.6 Å². The number of thioether (sulfide) groups is 1. The van der Waals surface area contributed by atoms with E-state index >= 15 is 0 Å². The number of ether oxygens (including phenoxy) is 1. The van der Waals surface area contributed by atoms with Gasteiger partial charge in [0.1, 0.15) is 5.75 Å². The van der Waals surface area contributed by atoms with Gasteiger partial charge in [-0.2, -0.15) is 0 Å². The molecule has 0 saturated carbocycles. The highest BCUT2D eigenvalue weighted by atomic mass is 32.2. The van der Waals surface area contributed by atoms with Crippen LogP contribution in [0.1, 0.15) is 0 Å². The van der Waals surface area contributed by atoms with Gasteiger partial charge in [0.2, 0.25) is 5.91 Å². The van der Waals surface area contributed by atoms with E-state index in [2.05, 4.69) is 10.3 Å². The van der Waals surface area contributed by atoms with E-state index in [1.165, 1.54) is 35.2 Å². The fourth-order valence-electron chi connectivity index (χ4n) is 2.07. The average Bonchev–Trinajstić information content (AvgIpc) is 3.02. The first-order valence-electron chi connectivity index (χ1n) is 7.17. The van der Waals surface area contributed by atoms with Crippen molar-refractivity contribution in [3.8, 4) is 5.75 Å². The lowest BCUT2D eigenvalue weighted by Gasteiger charge is -2.05. The molecule has 0 fully saturated rings. The van der Waals surface area contributed by atoms with Crippen molar-refractivity contribution in [2.75, 3.05) is 18.2 Å². The second-order valence-electron chi connectivity index (χ2n) is 4.95. The zero-order valence-electron chi connectivity index (χ0n) is 13.1. The topological polar surface area (TPSA) is 94.4 Å². The first-order valence-corrected chi connectivity index (χ1v) is 8.97. The fraction of sp³-hybridized carbons (Fsp3) is 0.125. The highest BCUT2D eigenvalue weighted by molar-refractivity contribution is 8.01. The van der Waals surface area contributed by atoms with Crippen LogP contribution >= 0.6 is 23.1 Å². The van der Waals surface area contributed by atoms with Gasteiger partial charge in [-0.15, -0.1) is 11.3 Å². The Kier molecular flexibility index (Phi) is 5.15. The van der Waals surface area contributed by atoms with Crippen molar-refractivity contribution in [2.24, 2.45) is 0 Å². The number of amides is 1. The van der Waals surface area contributed by atoms with Gasteiger partial charge in [-0.3, -0.25) is 14.9 Å². The van der Waals surface area contributed by atoms with Crippen molar-refractivity contribution >= 4 is 50.6 Å². The molecule has 0 atom stereocenters. The summed E-state index contributed by atoms with van der Waals surface area (Å²) in [4.78, 5) is 26.8. The first kappa shape index (κ1) is 17.2. The minimum Gasteiger partial charge on any atom is -0.497 e. The molecule has 1 N–H and O–H groups in total. The quantitative estimate of drug-likeness (QED) is 0.398. The van der Waals surface area contributed by atoms with Crippen molar-refractivity contribution in [1.29, 1.82) is 0 Å². The molecule has 0 saturated heterocycles. The van der Waals surface area contributed by atoms with Gasteiger partial charge in [0.15, 0.2) is 4.34 Å². The lowest BCUT2D eigenvalue weighted by molar-refractivity contribution is -0.384. The van der Waals surface area contributed by atoms with Gasteiger partial charge in [-0.05, 0) is 30.3 Å². The number of anilines is 1. The Bertz CT molecular complexity index is 925. The number of hydrogen-bond acceptors (Lipinski definition) is 7. The Labute approximate surface area is 151 Å². The minimum absolute atomic E-state index is 0.0324. The number of nitro groups is 1. The average molecular weight is 375 g/mol. The summed E-state index contributed by atoms with van der Waals surface area (Å²) in [5, 5.41) is 13.6. The fourth-order valence-corrected chi connectivity index (χ4v) is 3.97. The maximum Gasteiger partial charge on any atom is 0.270 e. The summed E-state index contributed by atoms with van der Waals surface area (Å²) in [5.74, 6) is 0.768. The van der Waals surface area contributed by atoms with Crippen LogP contribution in [0.25, 0.3) is 10.2 Å². The van der Waals surface area contributed by atoms with E-state index in [0.717, 1.165) is 10.4 Å². The number of nitrogens with one attached hydrogen (secondary N) is 1. The number of non-ortho nitro benzene ring substituents is 1. The summed E-state index contributed by atoms with van der Waals surface area (Å²) >= 11 is 2.63. The molecule has 9 heteroatoms. The Morgan fingerprint density at radius 2 is 2.08 bits per heavy atom. The number of benzene rings is 2. The summed E-state index contributed by atoms with van der Waals surface area (Å²) in [7, 11) is 1.58. The van der Waals surface area contributed by atoms with Crippen molar-refractivity contribution in [1.82, 2.24) is 4.98 Å². The van der Waals surface area contributed by atoms with E-state index < -0.39 is 4.92 Å². The molecule has 0 radical (unpaired) electrons. The first-order chi connectivity index (χ1) is 12.0. The number of nitro benzene ring substituents is 1. The summed E-state index contributed by atoms with van der Waals surface area (Å²) in [6, 6.07) is 11.6. The molecule has 3 rings (SSSR count). The molecule has 25 heavy (non-hydrogen) atoms. The third-order valence-corrected chi connectivity index (χ3v) is 5.42. The van der Waals surface area contributed by atoms with Crippen LogP contribution in [0.4, 0.5) is 11.4 Å². The van der Waals surface area contributed by atoms with Crippen LogP contribution in [0.3, 0.4) is 0 Å². The molecule has 0 aliphatic carbocycles. The standard InChI is InChI=1S/C16H13N3O4S2/c1-23-12-5-2-10(3-6-12)17-15(20)9-24-16-18-13-7-4-11(19(21)22)8-14(13)25-16/h2-8H,9H2,1H3,(H,17,20). The minimum atomic E-state index is -0.436. The van der Waals surface area contributed by atoms with Crippen LogP contribution in [-0.4, -0.2) is 28.7 Å². The smallest absolute Gasteiger partial charge is 0.270 e. The number of fused-ring (bicyclic) bond motifs is 1. The van der Waals surface area contributed by atoms with Crippen LogP contribution in [0.15, 0.2) is 46.8 Å². The lowest BCUT2D eigenvalue weighted by Crippen LogP contribution is -2.13. The van der Waals surface area contributed by atoms with Crippen LogP contribution in [0, 0.1) is 10.1 Å². The van der Waals surface area contributed by atoms with E-state index in [0.29, 0.717) is 15.5 Å². The van der Waals surface area contributed by atoms with Crippen LogP contribution in [-0.2, 0) is 4.79 Å². The van der Waals surface area contributed by atoms with E-state index in [9.17, 15) is 14.9 Å². The lowest BCUT2D eigenvalue weighted by atomic mass is 10.3. The van der Waals surface area contributed by atoms with Crippen molar-refractivity contribution in [3.63, 3.8) is 0 Å². The molecular formula is C16H13N3O4S2. The highest BCUT2D eigenvalue weighted by Crippen LogP contribution is 2.31. The maximum atomic E-state index is 12.0. The molecule has 3 aromatic rings. The van der Waals surface area contributed by atoms with Gasteiger partial charge < -0.3 is 10.1 Å².